The first-order chi connectivity index (χ1) is 10.9. The van der Waals surface area contributed by atoms with Gasteiger partial charge in [0.2, 0.25) is 0 Å². The molecular formula is C17H34O4S2Si. The molecule has 7 heteroatoms. The molecule has 24 heavy (non-hydrogen) atoms. The molecular weight excluding hydrogens is 360 g/mol. The first-order valence-electron chi connectivity index (χ1n) is 8.62. The first kappa shape index (κ1) is 21.1. The Hall–Kier alpha value is 0.757. The van der Waals surface area contributed by atoms with Crippen LogP contribution < -0.4 is 0 Å². The summed E-state index contributed by atoms with van der Waals surface area (Å²) < 4.78 is 25.7. The predicted molar refractivity (Wildman–Crippen MR) is 106 cm³/mol. The minimum Gasteiger partial charge on any atom is -0.408 e. The first-order valence-corrected chi connectivity index (χ1v) is 14.1. The van der Waals surface area contributed by atoms with Crippen LogP contribution in [0.5, 0.6) is 0 Å². The molecule has 2 fully saturated rings. The lowest BCUT2D eigenvalue weighted by Gasteiger charge is -2.46. The molecule has 0 aliphatic carbocycles. The van der Waals surface area contributed by atoms with Crippen molar-refractivity contribution >= 4 is 31.8 Å². The molecule has 2 aliphatic rings. The lowest BCUT2D eigenvalue weighted by Crippen LogP contribution is -2.60. The topological polar surface area (TPSA) is 36.9 Å². The fourth-order valence-electron chi connectivity index (χ4n) is 3.01. The monoisotopic (exact) mass is 394 g/mol. The van der Waals surface area contributed by atoms with Gasteiger partial charge in [-0.1, -0.05) is 20.8 Å². The number of ether oxygens (including phenoxy) is 3. The summed E-state index contributed by atoms with van der Waals surface area (Å²) in [6.45, 7) is 15.9. The molecule has 0 spiro atoms. The van der Waals surface area contributed by atoms with Crippen molar-refractivity contribution in [3.63, 3.8) is 0 Å². The molecule has 142 valence electrons. The third-order valence-corrected chi connectivity index (χ3v) is 12.4. The molecule has 0 saturated carbocycles. The Morgan fingerprint density at radius 3 is 2.21 bits per heavy atom. The summed E-state index contributed by atoms with van der Waals surface area (Å²) in [6.07, 6.45) is 4.09. The van der Waals surface area contributed by atoms with E-state index in [0.717, 1.165) is 0 Å². The smallest absolute Gasteiger partial charge is 0.192 e. The molecule has 0 bridgehead atoms. The van der Waals surface area contributed by atoms with E-state index < -0.39 is 14.1 Å². The van der Waals surface area contributed by atoms with Gasteiger partial charge in [-0.15, -0.1) is 23.5 Å². The highest BCUT2D eigenvalue weighted by Gasteiger charge is 2.55. The van der Waals surface area contributed by atoms with Crippen LogP contribution >= 0.6 is 23.5 Å². The largest absolute Gasteiger partial charge is 0.408 e. The van der Waals surface area contributed by atoms with Crippen LogP contribution in [0.3, 0.4) is 0 Å². The summed E-state index contributed by atoms with van der Waals surface area (Å²) in [5.41, 5.74) is 0. The second-order valence-corrected chi connectivity index (χ2v) is 15.6. The van der Waals surface area contributed by atoms with E-state index in [4.69, 9.17) is 18.6 Å². The van der Waals surface area contributed by atoms with Gasteiger partial charge >= 0.3 is 0 Å². The Morgan fingerprint density at radius 1 is 1.12 bits per heavy atom. The van der Waals surface area contributed by atoms with Crippen molar-refractivity contribution in [2.75, 3.05) is 19.1 Å². The van der Waals surface area contributed by atoms with Gasteiger partial charge in [0.25, 0.3) is 0 Å². The predicted octanol–water partition coefficient (Wildman–Crippen LogP) is 4.35. The van der Waals surface area contributed by atoms with Crippen molar-refractivity contribution < 1.29 is 18.6 Å². The van der Waals surface area contributed by atoms with Gasteiger partial charge in [-0.25, -0.2) is 0 Å². The molecule has 2 saturated heterocycles. The molecule has 0 aromatic heterocycles. The van der Waals surface area contributed by atoms with Crippen LogP contribution in [-0.2, 0) is 18.6 Å². The normalized spacial score (nSPS) is 33.8. The zero-order chi connectivity index (χ0) is 18.3. The Morgan fingerprint density at radius 2 is 1.71 bits per heavy atom. The van der Waals surface area contributed by atoms with E-state index in [2.05, 4.69) is 46.4 Å². The van der Waals surface area contributed by atoms with Crippen molar-refractivity contribution in [3.8, 4) is 0 Å². The van der Waals surface area contributed by atoms with E-state index in [1.165, 1.54) is 0 Å². The second kappa shape index (κ2) is 7.41. The lowest BCUT2D eigenvalue weighted by atomic mass is 10.0. The van der Waals surface area contributed by atoms with Gasteiger partial charge in [0, 0.05) is 0 Å². The maximum absolute atomic E-state index is 6.83. The highest BCUT2D eigenvalue weighted by molar-refractivity contribution is 8.16. The molecule has 0 radical (unpaired) electrons. The third-order valence-electron chi connectivity index (χ3n) is 5.29. The standard InChI is InChI=1S/C17H34O4S2Si/c1-16(2,3)24(8,9)21-13-12-11(19-17(4,5)20-12)10-18-14(13)15(22-6)23-7/h11-15H,10H2,1-9H3/t11-,12-,13+,14+/m1/s1. The van der Waals surface area contributed by atoms with Crippen molar-refractivity contribution in [3.05, 3.63) is 0 Å². The van der Waals surface area contributed by atoms with Crippen molar-refractivity contribution in [2.45, 2.75) is 87.5 Å². The quantitative estimate of drug-likeness (QED) is 0.510. The molecule has 4 nitrogen and oxygen atoms in total. The van der Waals surface area contributed by atoms with E-state index in [-0.39, 0.29) is 29.5 Å². The van der Waals surface area contributed by atoms with Crippen LogP contribution in [0.4, 0.5) is 0 Å². The molecule has 2 rings (SSSR count). The van der Waals surface area contributed by atoms with Gasteiger partial charge in [-0.3, -0.25) is 0 Å². The van der Waals surface area contributed by atoms with Crippen LogP contribution in [0.1, 0.15) is 34.6 Å². The number of thioether (sulfide) groups is 2. The van der Waals surface area contributed by atoms with Gasteiger partial charge < -0.3 is 18.6 Å². The molecule has 0 aromatic rings. The van der Waals surface area contributed by atoms with E-state index in [1.54, 1.807) is 0 Å². The minimum absolute atomic E-state index is 0.0166. The van der Waals surface area contributed by atoms with Gasteiger partial charge in [0.1, 0.15) is 24.4 Å². The molecule has 4 atom stereocenters. The van der Waals surface area contributed by atoms with Crippen LogP contribution in [0, 0.1) is 0 Å². The Bertz CT molecular complexity index is 433. The van der Waals surface area contributed by atoms with Crippen molar-refractivity contribution in [2.24, 2.45) is 0 Å². The summed E-state index contributed by atoms with van der Waals surface area (Å²) in [5.74, 6) is -0.573. The number of hydrogen-bond donors (Lipinski definition) is 0. The SMILES string of the molecule is CSC(SC)[C@H]1OC[C@H]2OC(C)(C)O[C@H]2[C@@H]1O[Si](C)(C)C(C)(C)C. The van der Waals surface area contributed by atoms with Crippen molar-refractivity contribution in [1.82, 2.24) is 0 Å². The van der Waals surface area contributed by atoms with Crippen LogP contribution in [0.25, 0.3) is 0 Å². The highest BCUT2D eigenvalue weighted by Crippen LogP contribution is 2.44. The third kappa shape index (κ3) is 4.35. The minimum atomic E-state index is -1.95. The van der Waals surface area contributed by atoms with Gasteiger partial charge in [0.15, 0.2) is 14.1 Å². The van der Waals surface area contributed by atoms with Gasteiger partial charge in [-0.05, 0) is 44.5 Å². The summed E-state index contributed by atoms with van der Waals surface area (Å²) >= 11 is 3.65. The molecule has 2 heterocycles. The zero-order valence-corrected chi connectivity index (χ0v) is 19.2. The lowest BCUT2D eigenvalue weighted by molar-refractivity contribution is -0.155. The van der Waals surface area contributed by atoms with Crippen LogP contribution in [-0.4, -0.2) is 62.2 Å². The molecule has 2 aliphatic heterocycles. The highest BCUT2D eigenvalue weighted by atomic mass is 32.2. The van der Waals surface area contributed by atoms with Gasteiger partial charge in [-0.2, -0.15) is 0 Å². The Balaban J connectivity index is 2.30. The molecule has 0 unspecified atom stereocenters. The fraction of sp³-hybridized carbons (Fsp3) is 1.00. The van der Waals surface area contributed by atoms with Crippen LogP contribution in [0.15, 0.2) is 0 Å². The maximum Gasteiger partial charge on any atom is 0.192 e. The summed E-state index contributed by atoms with van der Waals surface area (Å²) in [6, 6.07) is 0. The van der Waals surface area contributed by atoms with E-state index in [1.807, 2.05) is 37.4 Å². The Kier molecular flexibility index (Phi) is 6.50. The molecule has 0 N–H and O–H groups in total. The number of rotatable bonds is 5. The van der Waals surface area contributed by atoms with E-state index in [0.29, 0.717) is 11.2 Å². The average molecular weight is 395 g/mol. The number of fused-ring (bicyclic) bond motifs is 1. The average Bonchev–Trinajstić information content (AvgIpc) is 2.75. The number of hydrogen-bond acceptors (Lipinski definition) is 6. The second-order valence-electron chi connectivity index (χ2n) is 8.62. The summed E-state index contributed by atoms with van der Waals surface area (Å²) in [5, 5.41) is 0.147. The van der Waals surface area contributed by atoms with Crippen LogP contribution in [0.2, 0.25) is 18.1 Å². The maximum atomic E-state index is 6.83. The fourth-order valence-corrected chi connectivity index (χ4v) is 6.08. The zero-order valence-electron chi connectivity index (χ0n) is 16.5. The molecule has 0 aromatic carbocycles. The van der Waals surface area contributed by atoms with E-state index >= 15 is 0 Å². The Labute approximate surface area is 157 Å². The summed E-state index contributed by atoms with van der Waals surface area (Å²) in [7, 11) is -1.95. The van der Waals surface area contributed by atoms with E-state index in [9.17, 15) is 0 Å². The van der Waals surface area contributed by atoms with Crippen molar-refractivity contribution in [1.29, 1.82) is 0 Å². The molecule has 0 amide bonds. The van der Waals surface area contributed by atoms with Gasteiger partial charge in [0.05, 0.1) is 11.2 Å². The summed E-state index contributed by atoms with van der Waals surface area (Å²) in [4.78, 5) is 0.